The molecule has 1 amide bonds. The zero-order valence-electron chi connectivity index (χ0n) is 38.3. The highest BCUT2D eigenvalue weighted by Gasteiger charge is 2.59. The number of carbonyl (C=O) groups is 1. The average Bonchev–Trinajstić information content (AvgIpc) is 3.79. The van der Waals surface area contributed by atoms with Crippen LogP contribution in [0.5, 0.6) is 5.75 Å². The Kier molecular flexibility index (Phi) is 8.89. The summed E-state index contributed by atoms with van der Waals surface area (Å²) in [6.45, 7) is 12.8. The molecule has 8 heterocycles. The predicted octanol–water partition coefficient (Wildman–Crippen LogP) is 7.47. The topological polar surface area (TPSA) is 173 Å². The third-order valence-corrected chi connectivity index (χ3v) is 14.8. The van der Waals surface area contributed by atoms with Crippen LogP contribution in [0, 0.1) is 25.6 Å². The third-order valence-electron chi connectivity index (χ3n) is 14.8. The van der Waals surface area contributed by atoms with Crippen LogP contribution < -0.4 is 16.1 Å². The van der Waals surface area contributed by atoms with Gasteiger partial charge in [0, 0.05) is 60.7 Å². The molecular formula is C50H49FN10O6. The van der Waals surface area contributed by atoms with Crippen molar-refractivity contribution >= 4 is 27.7 Å². The Labute approximate surface area is 382 Å². The van der Waals surface area contributed by atoms with Gasteiger partial charge >= 0.3 is 5.76 Å². The highest BCUT2D eigenvalue weighted by Crippen LogP contribution is 2.56. The largest absolute Gasteiger partial charge is 0.483 e. The fourth-order valence-corrected chi connectivity index (χ4v) is 11.4. The van der Waals surface area contributed by atoms with E-state index in [0.717, 1.165) is 34.6 Å². The molecule has 1 saturated carbocycles. The normalized spacial score (nSPS) is 21.9. The van der Waals surface area contributed by atoms with Gasteiger partial charge in [0.05, 0.1) is 51.7 Å². The van der Waals surface area contributed by atoms with E-state index in [1.54, 1.807) is 52.3 Å². The van der Waals surface area contributed by atoms with Gasteiger partial charge in [0.2, 0.25) is 0 Å². The minimum absolute atomic E-state index is 0.0125. The van der Waals surface area contributed by atoms with Gasteiger partial charge in [-0.25, -0.2) is 18.9 Å². The van der Waals surface area contributed by atoms with E-state index < -0.39 is 17.3 Å². The van der Waals surface area contributed by atoms with E-state index in [1.807, 2.05) is 37.1 Å². The van der Waals surface area contributed by atoms with Crippen molar-refractivity contribution in [2.75, 3.05) is 13.2 Å². The zero-order chi connectivity index (χ0) is 46.4. The molecule has 342 valence electrons. The van der Waals surface area contributed by atoms with Gasteiger partial charge in [-0.05, 0) is 119 Å². The minimum Gasteiger partial charge on any atom is -0.483 e. The molecule has 5 aromatic heterocycles. The van der Waals surface area contributed by atoms with Gasteiger partial charge in [-0.15, -0.1) is 0 Å². The Bertz CT molecular complexity index is 3510. The van der Waals surface area contributed by atoms with Gasteiger partial charge < -0.3 is 18.9 Å². The summed E-state index contributed by atoms with van der Waals surface area (Å²) in [4.78, 5) is 52.9. The Morgan fingerprint density at radius 3 is 2.49 bits per heavy atom. The van der Waals surface area contributed by atoms with E-state index in [2.05, 4.69) is 58.8 Å². The zero-order valence-corrected chi connectivity index (χ0v) is 38.3. The summed E-state index contributed by atoms with van der Waals surface area (Å²) in [5.74, 6) is 0.389. The second-order valence-corrected chi connectivity index (χ2v) is 19.6. The first kappa shape index (κ1) is 41.3. The number of benzene rings is 3. The second kappa shape index (κ2) is 14.4. The van der Waals surface area contributed by atoms with Crippen molar-refractivity contribution in [2.24, 2.45) is 13.0 Å². The molecule has 67 heavy (non-hydrogen) atoms. The monoisotopic (exact) mass is 904 g/mol. The number of halogens is 1. The lowest BCUT2D eigenvalue weighted by atomic mass is 9.83. The number of hydrogen-bond donors (Lipinski definition) is 1. The van der Waals surface area contributed by atoms with E-state index in [-0.39, 0.29) is 46.9 Å². The standard InChI is InChI=1S/C50H49FN10O6/c1-25-14-33(15-26(2)43(25)51)61-44(34-23-52-41-24-65-40-19-37-32(22-53-57(37)7)18-38(40)59(41)45(34)62)42-28(4)58(12-10-35(42)55-61)46(63)39-17-31-16-29(30-11-13-66-49(5,6)21-30)8-9-36(31)60(39)50(20-27(50)3)47-54-48(64)67-56-47/h8-9,14-19,22-23,27-28,30H,10-13,20-21,24H2,1-7H3,(H,54,56,64)/t27-,28-,30-,50-/m0/s1. The van der Waals surface area contributed by atoms with Gasteiger partial charge in [0.15, 0.2) is 11.6 Å². The Morgan fingerprint density at radius 2 is 1.76 bits per heavy atom. The Balaban J connectivity index is 1.02. The number of rotatable bonds is 6. The van der Waals surface area contributed by atoms with Gasteiger partial charge in [0.1, 0.15) is 29.4 Å². The van der Waals surface area contributed by atoms with Crippen LogP contribution in [0.4, 0.5) is 4.39 Å². The van der Waals surface area contributed by atoms with Gasteiger partial charge in [-0.1, -0.05) is 18.1 Å². The number of ether oxygens (including phenoxy) is 2. The number of nitrogens with one attached hydrogen (secondary N) is 1. The van der Waals surface area contributed by atoms with Gasteiger partial charge in [-0.3, -0.25) is 28.3 Å². The highest BCUT2D eigenvalue weighted by atomic mass is 19.1. The molecule has 16 nitrogen and oxygen atoms in total. The van der Waals surface area contributed by atoms with Crippen molar-refractivity contribution in [2.45, 2.75) is 96.9 Å². The lowest BCUT2D eigenvalue weighted by molar-refractivity contribution is -0.0592. The molecule has 0 spiro atoms. The molecule has 4 atom stereocenters. The molecule has 2 fully saturated rings. The van der Waals surface area contributed by atoms with Crippen LogP contribution in [0.1, 0.15) is 109 Å². The molecular weight excluding hydrogens is 856 g/mol. The maximum absolute atomic E-state index is 15.7. The van der Waals surface area contributed by atoms with Crippen molar-refractivity contribution < 1.29 is 23.2 Å². The SMILES string of the molecule is Cc1cc(-n2nc3c(c2-c2cnc4n(c2=O)-c2cc5cnn(C)c5cc2OC4)[C@H](C)N(C(=O)c2cc4cc([C@H]5CCOC(C)(C)C5)ccc4n2[C@@]2(c4noc(=O)[nH]4)C[C@@H]2C)CC3)cc(C)c1F. The molecule has 3 aromatic carbocycles. The Morgan fingerprint density at radius 1 is 0.970 bits per heavy atom. The number of amides is 1. The number of aromatic nitrogens is 9. The van der Waals surface area contributed by atoms with Crippen molar-refractivity contribution in [3.63, 3.8) is 0 Å². The van der Waals surface area contributed by atoms with Crippen LogP contribution in [-0.4, -0.2) is 73.4 Å². The predicted molar refractivity (Wildman–Crippen MR) is 246 cm³/mol. The minimum atomic E-state index is -0.843. The van der Waals surface area contributed by atoms with Crippen LogP contribution in [0.3, 0.4) is 0 Å². The first-order valence-corrected chi connectivity index (χ1v) is 22.9. The number of fused-ring (bicyclic) bond motifs is 6. The first-order valence-electron chi connectivity index (χ1n) is 22.9. The van der Waals surface area contributed by atoms with Crippen LogP contribution in [0.25, 0.3) is 44.4 Å². The van der Waals surface area contributed by atoms with E-state index in [9.17, 15) is 4.79 Å². The fourth-order valence-electron chi connectivity index (χ4n) is 11.4. The van der Waals surface area contributed by atoms with Crippen LogP contribution >= 0.6 is 0 Å². The Hall–Kier alpha value is -7.14. The number of nitrogens with zero attached hydrogens (tertiary/aromatic N) is 9. The number of aromatic amines is 1. The van der Waals surface area contributed by atoms with Crippen LogP contribution in [0.15, 0.2) is 75.0 Å². The van der Waals surface area contributed by atoms with E-state index in [0.29, 0.717) is 88.5 Å². The second-order valence-electron chi connectivity index (χ2n) is 19.6. The molecule has 3 aliphatic heterocycles. The van der Waals surface area contributed by atoms with E-state index in [1.165, 1.54) is 5.56 Å². The average molecular weight is 905 g/mol. The van der Waals surface area contributed by atoms with Crippen molar-refractivity contribution in [1.29, 1.82) is 0 Å². The molecule has 0 bridgehead atoms. The van der Waals surface area contributed by atoms with Crippen molar-refractivity contribution in [3.05, 3.63) is 133 Å². The van der Waals surface area contributed by atoms with Crippen molar-refractivity contribution in [3.8, 4) is 28.4 Å². The summed E-state index contributed by atoms with van der Waals surface area (Å²) >= 11 is 0. The molecule has 4 aliphatic rings. The molecule has 17 heteroatoms. The van der Waals surface area contributed by atoms with Crippen molar-refractivity contribution in [1.82, 2.24) is 48.7 Å². The maximum Gasteiger partial charge on any atom is 0.438 e. The van der Waals surface area contributed by atoms with E-state index >= 15 is 14.0 Å². The fraction of sp³-hybridized carbons (Fsp3) is 0.380. The summed E-state index contributed by atoms with van der Waals surface area (Å²) in [5.41, 5.74) is 5.96. The molecule has 12 rings (SSSR count). The number of hydrogen-bond acceptors (Lipinski definition) is 10. The summed E-state index contributed by atoms with van der Waals surface area (Å²) in [6, 6.07) is 15.0. The summed E-state index contributed by atoms with van der Waals surface area (Å²) in [5, 5.41) is 15.5. The smallest absolute Gasteiger partial charge is 0.438 e. The van der Waals surface area contributed by atoms with Gasteiger partial charge in [0.25, 0.3) is 11.5 Å². The number of aryl methyl sites for hydroxylation is 3. The molecule has 0 unspecified atom stereocenters. The lowest BCUT2D eigenvalue weighted by Gasteiger charge is -2.35. The van der Waals surface area contributed by atoms with Crippen LogP contribution in [-0.2, 0) is 30.4 Å². The summed E-state index contributed by atoms with van der Waals surface area (Å²) < 4.78 is 39.6. The van der Waals surface area contributed by atoms with E-state index in [4.69, 9.17) is 24.1 Å². The third kappa shape index (κ3) is 6.15. The molecule has 1 aliphatic carbocycles. The van der Waals surface area contributed by atoms with Crippen LogP contribution in [0.2, 0.25) is 0 Å². The number of H-pyrrole nitrogens is 1. The maximum atomic E-state index is 15.7. The number of carbonyl (C=O) groups excluding carboxylic acids is 1. The lowest BCUT2D eigenvalue weighted by Crippen LogP contribution is -2.41. The summed E-state index contributed by atoms with van der Waals surface area (Å²) in [7, 11) is 1.85. The molecule has 8 aromatic rings. The molecule has 1 saturated heterocycles. The quantitative estimate of drug-likeness (QED) is 0.176. The molecule has 0 radical (unpaired) electrons. The highest BCUT2D eigenvalue weighted by molar-refractivity contribution is 6.00. The summed E-state index contributed by atoms with van der Waals surface area (Å²) in [6.07, 6.45) is 6.06. The molecule has 1 N–H and O–H groups in total. The first-order chi connectivity index (χ1) is 32.1. The van der Waals surface area contributed by atoms with Gasteiger partial charge in [-0.2, -0.15) is 10.2 Å².